The number of fused-ring (bicyclic) bond motifs is 3. The van der Waals surface area contributed by atoms with E-state index in [9.17, 15) is 4.79 Å². The van der Waals surface area contributed by atoms with Gasteiger partial charge in [-0.1, -0.05) is 41.4 Å². The number of nitrogens with one attached hydrogen (secondary N) is 2. The first-order chi connectivity index (χ1) is 14.6. The minimum absolute atomic E-state index is 0.0258. The van der Waals surface area contributed by atoms with Crippen molar-refractivity contribution in [3.63, 3.8) is 0 Å². The van der Waals surface area contributed by atoms with E-state index < -0.39 is 0 Å². The highest BCUT2D eigenvalue weighted by atomic mass is 35.5. The van der Waals surface area contributed by atoms with E-state index in [4.69, 9.17) is 27.9 Å². The van der Waals surface area contributed by atoms with Gasteiger partial charge in [0.2, 0.25) is 0 Å². The van der Waals surface area contributed by atoms with Crippen molar-refractivity contribution in [2.24, 2.45) is 5.92 Å². The van der Waals surface area contributed by atoms with Gasteiger partial charge in [0, 0.05) is 45.9 Å². The summed E-state index contributed by atoms with van der Waals surface area (Å²) in [7, 11) is 0. The van der Waals surface area contributed by atoms with Crippen LogP contribution in [-0.2, 0) is 4.74 Å². The quantitative estimate of drug-likeness (QED) is 0.594. The summed E-state index contributed by atoms with van der Waals surface area (Å²) < 4.78 is 5.60. The highest BCUT2D eigenvalue weighted by Gasteiger charge is 2.39. The van der Waals surface area contributed by atoms with E-state index in [1.165, 1.54) is 0 Å². The molecule has 4 nitrogen and oxygen atoms in total. The van der Waals surface area contributed by atoms with Gasteiger partial charge in [0.25, 0.3) is 5.91 Å². The highest BCUT2D eigenvalue weighted by molar-refractivity contribution is 6.36. The third-order valence-corrected chi connectivity index (χ3v) is 7.11. The Morgan fingerprint density at radius 1 is 1.20 bits per heavy atom. The highest BCUT2D eigenvalue weighted by Crippen LogP contribution is 2.52. The fraction of sp³-hybridized carbons (Fsp3) is 0.375. The van der Waals surface area contributed by atoms with Gasteiger partial charge in [0.1, 0.15) is 0 Å². The molecule has 0 bridgehead atoms. The molecular weight excluding hydrogens is 419 g/mol. The van der Waals surface area contributed by atoms with Crippen molar-refractivity contribution in [2.45, 2.75) is 37.3 Å². The Hall–Kier alpha value is -2.01. The van der Waals surface area contributed by atoms with Gasteiger partial charge in [-0.05, 0) is 61.1 Å². The monoisotopic (exact) mass is 442 g/mol. The molecule has 2 heterocycles. The second-order valence-electron chi connectivity index (χ2n) is 8.26. The zero-order valence-electron chi connectivity index (χ0n) is 16.5. The number of amides is 1. The summed E-state index contributed by atoms with van der Waals surface area (Å²) in [5, 5.41) is 8.03. The SMILES string of the molecule is O=C(NCC1CCCO1)c1ccc2c(c1)C1C=CCC1C(c1c(Cl)cccc1Cl)N2. The lowest BCUT2D eigenvalue weighted by Gasteiger charge is -2.38. The van der Waals surface area contributed by atoms with Crippen molar-refractivity contribution in [1.82, 2.24) is 5.32 Å². The molecule has 2 N–H and O–H groups in total. The number of carbonyl (C=O) groups is 1. The smallest absolute Gasteiger partial charge is 0.251 e. The van der Waals surface area contributed by atoms with E-state index in [1.54, 1.807) is 0 Å². The van der Waals surface area contributed by atoms with Crippen LogP contribution in [0.5, 0.6) is 0 Å². The average molecular weight is 443 g/mol. The first-order valence-corrected chi connectivity index (χ1v) is 11.3. The van der Waals surface area contributed by atoms with Gasteiger partial charge in [-0.25, -0.2) is 0 Å². The number of halogens is 2. The van der Waals surface area contributed by atoms with Gasteiger partial charge < -0.3 is 15.4 Å². The number of ether oxygens (including phenoxy) is 1. The number of rotatable bonds is 4. The van der Waals surface area contributed by atoms with Gasteiger partial charge >= 0.3 is 0 Å². The number of hydrogen-bond donors (Lipinski definition) is 2. The van der Waals surface area contributed by atoms with Crippen molar-refractivity contribution < 1.29 is 9.53 Å². The molecule has 1 fully saturated rings. The van der Waals surface area contributed by atoms with Crippen LogP contribution >= 0.6 is 23.2 Å². The summed E-state index contributed by atoms with van der Waals surface area (Å²) in [5.41, 5.74) is 3.81. The van der Waals surface area contributed by atoms with Crippen molar-refractivity contribution in [3.05, 3.63) is 75.3 Å². The van der Waals surface area contributed by atoms with Crippen LogP contribution in [0.2, 0.25) is 10.0 Å². The van der Waals surface area contributed by atoms with Crippen LogP contribution in [0, 0.1) is 5.92 Å². The van der Waals surface area contributed by atoms with Crippen molar-refractivity contribution >= 4 is 34.8 Å². The number of hydrogen-bond acceptors (Lipinski definition) is 3. The molecule has 2 aromatic rings. The van der Waals surface area contributed by atoms with Gasteiger partial charge in [-0.3, -0.25) is 4.79 Å². The summed E-state index contributed by atoms with van der Waals surface area (Å²) >= 11 is 13.1. The predicted octanol–water partition coefficient (Wildman–Crippen LogP) is 5.73. The maximum Gasteiger partial charge on any atom is 0.251 e. The molecule has 0 saturated carbocycles. The van der Waals surface area contributed by atoms with Crippen LogP contribution in [0.1, 0.15) is 52.7 Å². The van der Waals surface area contributed by atoms with Crippen molar-refractivity contribution in [1.29, 1.82) is 0 Å². The molecule has 30 heavy (non-hydrogen) atoms. The van der Waals surface area contributed by atoms with E-state index in [0.717, 1.165) is 42.7 Å². The molecule has 2 aromatic carbocycles. The molecule has 3 aliphatic rings. The summed E-state index contributed by atoms with van der Waals surface area (Å²) in [4.78, 5) is 12.7. The van der Waals surface area contributed by atoms with E-state index in [2.05, 4.69) is 22.8 Å². The van der Waals surface area contributed by atoms with Crippen LogP contribution in [0.4, 0.5) is 5.69 Å². The molecule has 0 radical (unpaired) electrons. The minimum Gasteiger partial charge on any atom is -0.378 e. The molecule has 1 aliphatic carbocycles. The largest absolute Gasteiger partial charge is 0.378 e. The summed E-state index contributed by atoms with van der Waals surface area (Å²) in [6, 6.07) is 11.6. The van der Waals surface area contributed by atoms with Crippen molar-refractivity contribution in [3.8, 4) is 0 Å². The Labute approximate surface area is 186 Å². The molecule has 2 aliphatic heterocycles. The van der Waals surface area contributed by atoms with Crippen LogP contribution in [0.25, 0.3) is 0 Å². The molecule has 1 saturated heterocycles. The zero-order valence-corrected chi connectivity index (χ0v) is 18.0. The molecule has 0 aromatic heterocycles. The average Bonchev–Trinajstić information content (AvgIpc) is 3.44. The lowest BCUT2D eigenvalue weighted by Crippen LogP contribution is -2.32. The van der Waals surface area contributed by atoms with E-state index >= 15 is 0 Å². The molecule has 1 amide bonds. The van der Waals surface area contributed by atoms with Crippen molar-refractivity contribution in [2.75, 3.05) is 18.5 Å². The Balaban J connectivity index is 1.41. The van der Waals surface area contributed by atoms with E-state index in [0.29, 0.717) is 28.1 Å². The minimum atomic E-state index is -0.0527. The Kier molecular flexibility index (Phi) is 5.48. The van der Waals surface area contributed by atoms with Crippen LogP contribution in [0.3, 0.4) is 0 Å². The third kappa shape index (κ3) is 3.62. The van der Waals surface area contributed by atoms with E-state index in [1.807, 2.05) is 36.4 Å². The molecule has 4 unspecified atom stereocenters. The van der Waals surface area contributed by atoms with Crippen LogP contribution in [-0.4, -0.2) is 25.2 Å². The number of benzene rings is 2. The molecule has 156 valence electrons. The summed E-state index contributed by atoms with van der Waals surface area (Å²) in [6.07, 6.45) is 7.62. The van der Waals surface area contributed by atoms with Crippen LogP contribution in [0.15, 0.2) is 48.6 Å². The lowest BCUT2D eigenvalue weighted by atomic mass is 9.76. The number of anilines is 1. The second kappa shape index (κ2) is 8.26. The number of allylic oxidation sites excluding steroid dienone is 2. The summed E-state index contributed by atoms with van der Waals surface area (Å²) in [6.45, 7) is 1.35. The third-order valence-electron chi connectivity index (χ3n) is 6.45. The molecular formula is C24H24Cl2N2O2. The predicted molar refractivity (Wildman–Crippen MR) is 121 cm³/mol. The first kappa shape index (κ1) is 19.9. The molecule has 0 spiro atoms. The molecule has 6 heteroatoms. The summed E-state index contributed by atoms with van der Waals surface area (Å²) in [5.74, 6) is 0.479. The fourth-order valence-corrected chi connectivity index (χ4v) is 5.58. The second-order valence-corrected chi connectivity index (χ2v) is 9.07. The Morgan fingerprint density at radius 3 is 2.80 bits per heavy atom. The Bertz CT molecular complexity index is 980. The normalized spacial score (nSPS) is 26.7. The molecule has 5 rings (SSSR count). The van der Waals surface area contributed by atoms with Gasteiger partial charge in [-0.15, -0.1) is 0 Å². The van der Waals surface area contributed by atoms with Gasteiger partial charge in [0.05, 0.1) is 12.1 Å². The van der Waals surface area contributed by atoms with E-state index in [-0.39, 0.29) is 24.0 Å². The topological polar surface area (TPSA) is 50.4 Å². The first-order valence-electron chi connectivity index (χ1n) is 10.5. The standard InChI is InChI=1S/C24H24Cl2N2O2/c25-19-7-2-8-20(26)22(19)23-17-6-1-5-16(17)18-12-14(9-10-21(18)28-23)24(29)27-13-15-4-3-11-30-15/h1-2,5,7-10,12,15-17,23,28H,3-4,6,11,13H2,(H,27,29). The zero-order chi connectivity index (χ0) is 20.7. The van der Waals surface area contributed by atoms with Gasteiger partial charge in [0.15, 0.2) is 0 Å². The number of carbonyl (C=O) groups excluding carboxylic acids is 1. The van der Waals surface area contributed by atoms with Gasteiger partial charge in [-0.2, -0.15) is 0 Å². The maximum absolute atomic E-state index is 12.7. The fourth-order valence-electron chi connectivity index (χ4n) is 4.94. The molecule has 4 atom stereocenters. The lowest BCUT2D eigenvalue weighted by molar-refractivity contribution is 0.0857. The van der Waals surface area contributed by atoms with Crippen LogP contribution < -0.4 is 10.6 Å². The Morgan fingerprint density at radius 2 is 2.03 bits per heavy atom. The maximum atomic E-state index is 12.7.